The molecule has 0 aromatic heterocycles. The van der Waals surface area contributed by atoms with Crippen LogP contribution in [-0.2, 0) is 9.59 Å². The van der Waals surface area contributed by atoms with Gasteiger partial charge in [0.1, 0.15) is 0 Å². The third-order valence-corrected chi connectivity index (χ3v) is 5.66. The zero-order valence-electron chi connectivity index (χ0n) is 18.2. The highest BCUT2D eigenvalue weighted by Crippen LogP contribution is 2.38. The molecule has 0 aliphatic carbocycles. The van der Waals surface area contributed by atoms with E-state index in [9.17, 15) is 14.7 Å². The Morgan fingerprint density at radius 1 is 0.935 bits per heavy atom. The Hall–Kier alpha value is -3.14. The van der Waals surface area contributed by atoms with Gasteiger partial charge in [0.25, 0.3) is 5.91 Å². The van der Waals surface area contributed by atoms with Crippen molar-refractivity contribution in [3.63, 3.8) is 0 Å². The van der Waals surface area contributed by atoms with Gasteiger partial charge in [-0.15, -0.1) is 0 Å². The number of nitrogens with zero attached hydrogens (tertiary/aromatic N) is 1. The van der Waals surface area contributed by atoms with Crippen LogP contribution in [0.4, 0.5) is 0 Å². The fourth-order valence-electron chi connectivity index (χ4n) is 4.01. The predicted octanol–water partition coefficient (Wildman–Crippen LogP) is 6.03. The second-order valence-electron chi connectivity index (χ2n) is 7.95. The van der Waals surface area contributed by atoms with Gasteiger partial charge in [-0.1, -0.05) is 106 Å². The Kier molecular flexibility index (Phi) is 8.22. The van der Waals surface area contributed by atoms with Gasteiger partial charge >= 0.3 is 0 Å². The van der Waals surface area contributed by atoms with Gasteiger partial charge < -0.3 is 10.0 Å². The van der Waals surface area contributed by atoms with Crippen molar-refractivity contribution in [2.24, 2.45) is 0 Å². The molecule has 1 amide bonds. The molecule has 0 bridgehead atoms. The molecule has 4 nitrogen and oxygen atoms in total. The molecule has 0 saturated carbocycles. The summed E-state index contributed by atoms with van der Waals surface area (Å²) in [6.07, 6.45) is 9.80. The summed E-state index contributed by atoms with van der Waals surface area (Å²) in [7, 11) is 0. The van der Waals surface area contributed by atoms with Gasteiger partial charge in [-0.25, -0.2) is 0 Å². The van der Waals surface area contributed by atoms with Crippen LogP contribution in [0.1, 0.15) is 62.6 Å². The Labute approximate surface area is 184 Å². The topological polar surface area (TPSA) is 57.6 Å². The smallest absolute Gasteiger partial charge is 0.290 e. The highest BCUT2D eigenvalue weighted by atomic mass is 16.3. The van der Waals surface area contributed by atoms with Crippen LogP contribution in [0.5, 0.6) is 0 Å². The van der Waals surface area contributed by atoms with E-state index in [0.717, 1.165) is 30.4 Å². The number of hydrogen-bond donors (Lipinski definition) is 1. The van der Waals surface area contributed by atoms with E-state index in [0.29, 0.717) is 6.54 Å². The molecule has 1 aliphatic rings. The lowest BCUT2D eigenvalue weighted by Gasteiger charge is -2.26. The van der Waals surface area contributed by atoms with E-state index in [1.54, 1.807) is 11.0 Å². The summed E-state index contributed by atoms with van der Waals surface area (Å²) in [5, 5.41) is 10.6. The SMILES string of the molecule is CCCCCCCCN1C(=O)C(O)=C(C(=O)/C=C/c2ccccc2)[C@H]1c1ccccc1. The quantitative estimate of drug-likeness (QED) is 0.359. The predicted molar refractivity (Wildman–Crippen MR) is 124 cm³/mol. The summed E-state index contributed by atoms with van der Waals surface area (Å²) in [5.74, 6) is -1.23. The minimum atomic E-state index is -0.558. The van der Waals surface area contributed by atoms with Crippen LogP contribution < -0.4 is 0 Å². The number of rotatable bonds is 11. The second kappa shape index (κ2) is 11.3. The molecule has 1 N–H and O–H groups in total. The molecular weight excluding hydrogens is 386 g/mol. The molecule has 1 atom stereocenters. The summed E-state index contributed by atoms with van der Waals surface area (Å²) in [5.41, 5.74) is 1.89. The lowest BCUT2D eigenvalue weighted by Crippen LogP contribution is -2.32. The number of aliphatic hydroxyl groups is 1. The van der Waals surface area contributed by atoms with Crippen molar-refractivity contribution in [1.82, 2.24) is 4.90 Å². The number of benzene rings is 2. The normalized spacial score (nSPS) is 16.5. The number of unbranched alkanes of at least 4 members (excludes halogenated alkanes) is 5. The maximum absolute atomic E-state index is 13.1. The third kappa shape index (κ3) is 5.72. The number of amides is 1. The molecule has 0 radical (unpaired) electrons. The van der Waals surface area contributed by atoms with E-state index in [1.807, 2.05) is 60.7 Å². The molecule has 1 heterocycles. The molecule has 31 heavy (non-hydrogen) atoms. The van der Waals surface area contributed by atoms with E-state index >= 15 is 0 Å². The second-order valence-corrected chi connectivity index (χ2v) is 7.95. The molecule has 1 aliphatic heterocycles. The molecule has 2 aromatic carbocycles. The standard InChI is InChI=1S/C27H31NO3/c1-2-3-4-5-6-13-20-28-25(22-16-11-8-12-17-22)24(26(30)27(28)31)23(29)19-18-21-14-9-7-10-15-21/h7-12,14-19,25,30H,2-6,13,20H2,1H3/b19-18+/t25-/m1/s1. The van der Waals surface area contributed by atoms with Crippen LogP contribution in [0.2, 0.25) is 0 Å². The van der Waals surface area contributed by atoms with Crippen LogP contribution in [0.25, 0.3) is 6.08 Å². The monoisotopic (exact) mass is 417 g/mol. The Morgan fingerprint density at radius 3 is 2.23 bits per heavy atom. The van der Waals surface area contributed by atoms with E-state index < -0.39 is 17.7 Å². The van der Waals surface area contributed by atoms with Crippen LogP contribution in [-0.4, -0.2) is 28.2 Å². The Balaban J connectivity index is 1.80. The fourth-order valence-corrected chi connectivity index (χ4v) is 4.01. The molecule has 0 spiro atoms. The van der Waals surface area contributed by atoms with Crippen LogP contribution in [0.15, 0.2) is 78.1 Å². The molecule has 162 valence electrons. The molecular formula is C27H31NO3. The summed E-state index contributed by atoms with van der Waals surface area (Å²) >= 11 is 0. The van der Waals surface area contributed by atoms with Gasteiger partial charge in [0, 0.05) is 6.54 Å². The first-order chi connectivity index (χ1) is 15.1. The van der Waals surface area contributed by atoms with E-state index in [4.69, 9.17) is 0 Å². The summed E-state index contributed by atoms with van der Waals surface area (Å²) in [4.78, 5) is 27.6. The number of ketones is 1. The Bertz CT molecular complexity index is 931. The minimum absolute atomic E-state index is 0.161. The van der Waals surface area contributed by atoms with Crippen molar-refractivity contribution in [3.8, 4) is 0 Å². The number of hydrogen-bond acceptors (Lipinski definition) is 3. The highest BCUT2D eigenvalue weighted by molar-refractivity contribution is 6.14. The van der Waals surface area contributed by atoms with Gasteiger partial charge in [-0.05, 0) is 23.6 Å². The lowest BCUT2D eigenvalue weighted by atomic mass is 9.95. The van der Waals surface area contributed by atoms with Crippen molar-refractivity contribution >= 4 is 17.8 Å². The van der Waals surface area contributed by atoms with Crippen molar-refractivity contribution < 1.29 is 14.7 Å². The number of aliphatic hydroxyl groups excluding tert-OH is 1. The van der Waals surface area contributed by atoms with E-state index in [-0.39, 0.29) is 11.4 Å². The van der Waals surface area contributed by atoms with Crippen molar-refractivity contribution in [2.75, 3.05) is 6.54 Å². The zero-order valence-corrected chi connectivity index (χ0v) is 18.2. The van der Waals surface area contributed by atoms with Crippen LogP contribution in [0.3, 0.4) is 0 Å². The lowest BCUT2D eigenvalue weighted by molar-refractivity contribution is -0.129. The highest BCUT2D eigenvalue weighted by Gasteiger charge is 2.42. The van der Waals surface area contributed by atoms with Crippen molar-refractivity contribution in [3.05, 3.63) is 89.2 Å². The Morgan fingerprint density at radius 2 is 1.55 bits per heavy atom. The van der Waals surface area contributed by atoms with Crippen molar-refractivity contribution in [2.45, 2.75) is 51.5 Å². The summed E-state index contributed by atoms with van der Waals surface area (Å²) < 4.78 is 0. The first-order valence-electron chi connectivity index (χ1n) is 11.2. The van der Waals surface area contributed by atoms with E-state index in [2.05, 4.69) is 6.92 Å². The molecule has 0 fully saturated rings. The van der Waals surface area contributed by atoms with Gasteiger partial charge in [0.15, 0.2) is 11.5 Å². The van der Waals surface area contributed by atoms with Crippen LogP contribution in [0, 0.1) is 0 Å². The zero-order chi connectivity index (χ0) is 22.1. The van der Waals surface area contributed by atoms with E-state index in [1.165, 1.54) is 25.3 Å². The molecule has 2 aromatic rings. The number of allylic oxidation sites excluding steroid dienone is 1. The van der Waals surface area contributed by atoms with Gasteiger partial charge in [0.2, 0.25) is 0 Å². The maximum Gasteiger partial charge on any atom is 0.290 e. The average Bonchev–Trinajstić information content (AvgIpc) is 3.06. The molecule has 0 unspecified atom stereocenters. The first-order valence-corrected chi connectivity index (χ1v) is 11.2. The minimum Gasteiger partial charge on any atom is -0.503 e. The average molecular weight is 418 g/mol. The molecule has 0 saturated heterocycles. The van der Waals surface area contributed by atoms with Crippen molar-refractivity contribution in [1.29, 1.82) is 0 Å². The van der Waals surface area contributed by atoms with Gasteiger partial charge in [0.05, 0.1) is 11.6 Å². The number of carbonyl (C=O) groups is 2. The fraction of sp³-hybridized carbons (Fsp3) is 0.333. The molecule has 4 heteroatoms. The number of carbonyl (C=O) groups excluding carboxylic acids is 2. The molecule has 3 rings (SSSR count). The van der Waals surface area contributed by atoms with Gasteiger partial charge in [-0.3, -0.25) is 9.59 Å². The summed E-state index contributed by atoms with van der Waals surface area (Å²) in [6.45, 7) is 2.71. The first kappa shape index (κ1) is 22.5. The van der Waals surface area contributed by atoms with Gasteiger partial charge in [-0.2, -0.15) is 0 Å². The maximum atomic E-state index is 13.1. The third-order valence-electron chi connectivity index (χ3n) is 5.66. The van der Waals surface area contributed by atoms with Crippen LogP contribution >= 0.6 is 0 Å². The largest absolute Gasteiger partial charge is 0.503 e. The summed E-state index contributed by atoms with van der Waals surface area (Å²) in [6, 6.07) is 18.4.